The van der Waals surface area contributed by atoms with E-state index < -0.39 is 11.5 Å². The number of carbonyl (C=O) groups excluding carboxylic acids is 1. The number of anilines is 2. The second kappa shape index (κ2) is 5.85. The molecule has 1 atom stereocenters. The molecule has 136 valence electrons. The Kier molecular flexibility index (Phi) is 3.70. The highest BCUT2D eigenvalue weighted by Crippen LogP contribution is 2.50. The van der Waals surface area contributed by atoms with E-state index in [4.69, 9.17) is 5.73 Å². The maximum absolute atomic E-state index is 13.1. The lowest BCUT2D eigenvalue weighted by molar-refractivity contribution is -0.118. The van der Waals surface area contributed by atoms with Gasteiger partial charge in [0.1, 0.15) is 17.5 Å². The molecule has 0 amide bonds. The van der Waals surface area contributed by atoms with Crippen LogP contribution in [0.2, 0.25) is 0 Å². The third kappa shape index (κ3) is 2.63. The summed E-state index contributed by atoms with van der Waals surface area (Å²) in [6.07, 6.45) is 1.11. The quantitative estimate of drug-likeness (QED) is 0.724. The molecule has 6 heteroatoms. The smallest absolute Gasteiger partial charge is 0.269 e. The Bertz CT molecular complexity index is 1090. The van der Waals surface area contributed by atoms with E-state index in [1.165, 1.54) is 0 Å². The molecule has 1 unspecified atom stereocenters. The lowest BCUT2D eigenvalue weighted by Gasteiger charge is -2.39. The standard InChI is InChI=1S/C21H20N4O2/c1-21(2)8-13-16(14(26)9-21)15(11-6-4-3-5-7-11)17-18(24-13)12(10-22)20(27)25-19(17)23/h3-7,15,24H,8-9H2,1-2H3,(H3,23,25,27). The number of hydrogen-bond donors (Lipinski definition) is 3. The number of nitrogens with one attached hydrogen (secondary N) is 2. The van der Waals surface area contributed by atoms with Gasteiger partial charge in [-0.2, -0.15) is 5.26 Å². The number of fused-ring (bicyclic) bond motifs is 1. The fourth-order valence-corrected chi connectivity index (χ4v) is 4.23. The summed E-state index contributed by atoms with van der Waals surface area (Å²) in [5.41, 5.74) is 8.80. The summed E-state index contributed by atoms with van der Waals surface area (Å²) < 4.78 is 0. The molecule has 1 aliphatic heterocycles. The normalized spacial score (nSPS) is 20.3. The minimum Gasteiger partial charge on any atom is -0.385 e. The van der Waals surface area contributed by atoms with Gasteiger partial charge in [-0.3, -0.25) is 9.59 Å². The van der Waals surface area contributed by atoms with Gasteiger partial charge in [-0.25, -0.2) is 0 Å². The molecule has 1 aliphatic carbocycles. The number of pyridine rings is 1. The van der Waals surface area contributed by atoms with Gasteiger partial charge in [-0.1, -0.05) is 44.2 Å². The average molecular weight is 360 g/mol. The number of nitriles is 1. The van der Waals surface area contributed by atoms with E-state index >= 15 is 0 Å². The van der Waals surface area contributed by atoms with Crippen LogP contribution in [0.4, 0.5) is 11.5 Å². The molecule has 0 saturated carbocycles. The minimum atomic E-state index is -0.529. The van der Waals surface area contributed by atoms with Crippen molar-refractivity contribution in [2.24, 2.45) is 5.41 Å². The topological polar surface area (TPSA) is 112 Å². The van der Waals surface area contributed by atoms with Crippen LogP contribution < -0.4 is 16.6 Å². The van der Waals surface area contributed by atoms with Crippen LogP contribution in [-0.4, -0.2) is 10.8 Å². The van der Waals surface area contributed by atoms with Crippen molar-refractivity contribution in [2.45, 2.75) is 32.6 Å². The Labute approximate surface area is 156 Å². The number of Topliss-reactive ketones (excluding diaryl/α,β-unsaturated/α-hetero) is 1. The summed E-state index contributed by atoms with van der Waals surface area (Å²) in [5, 5.41) is 12.8. The first-order valence-electron chi connectivity index (χ1n) is 8.86. The molecule has 0 bridgehead atoms. The predicted octanol–water partition coefficient (Wildman–Crippen LogP) is 3.03. The molecule has 4 rings (SSSR count). The third-order valence-corrected chi connectivity index (χ3v) is 5.30. The van der Waals surface area contributed by atoms with Crippen molar-refractivity contribution >= 4 is 17.3 Å². The molecule has 0 radical (unpaired) electrons. The van der Waals surface area contributed by atoms with Gasteiger partial charge in [0, 0.05) is 29.2 Å². The maximum atomic E-state index is 13.1. The summed E-state index contributed by atoms with van der Waals surface area (Å²) in [6.45, 7) is 4.08. The SMILES string of the molecule is CC1(C)CC(=O)C2=C(C1)Nc1c(c(N)[nH]c(=O)c1C#N)C2c1ccccc1. The number of aromatic nitrogens is 1. The third-order valence-electron chi connectivity index (χ3n) is 5.30. The Morgan fingerprint density at radius 2 is 1.89 bits per heavy atom. The monoisotopic (exact) mass is 360 g/mol. The summed E-state index contributed by atoms with van der Waals surface area (Å²) in [4.78, 5) is 27.9. The second-order valence-corrected chi connectivity index (χ2v) is 7.95. The number of aromatic amines is 1. The Hall–Kier alpha value is -3.33. The second-order valence-electron chi connectivity index (χ2n) is 7.95. The summed E-state index contributed by atoms with van der Waals surface area (Å²) in [5.74, 6) is -0.165. The van der Waals surface area contributed by atoms with Crippen LogP contribution in [0.5, 0.6) is 0 Å². The van der Waals surface area contributed by atoms with Crippen LogP contribution in [0.25, 0.3) is 0 Å². The summed E-state index contributed by atoms with van der Waals surface area (Å²) in [7, 11) is 0. The number of hydrogen-bond acceptors (Lipinski definition) is 5. The van der Waals surface area contributed by atoms with Gasteiger partial charge in [0.2, 0.25) is 0 Å². The number of carbonyl (C=O) groups is 1. The summed E-state index contributed by atoms with van der Waals surface area (Å²) in [6, 6.07) is 11.6. The van der Waals surface area contributed by atoms with Crippen LogP contribution >= 0.6 is 0 Å². The largest absolute Gasteiger partial charge is 0.385 e. The molecule has 1 aromatic heterocycles. The molecule has 1 aromatic carbocycles. The molecular formula is C21H20N4O2. The van der Waals surface area contributed by atoms with Crippen LogP contribution in [0, 0.1) is 16.7 Å². The van der Waals surface area contributed by atoms with Crippen molar-refractivity contribution in [1.29, 1.82) is 5.26 Å². The maximum Gasteiger partial charge on any atom is 0.269 e. The lowest BCUT2D eigenvalue weighted by Crippen LogP contribution is -2.35. The van der Waals surface area contributed by atoms with Gasteiger partial charge in [0.15, 0.2) is 5.78 Å². The van der Waals surface area contributed by atoms with Crippen LogP contribution in [-0.2, 0) is 4.79 Å². The van der Waals surface area contributed by atoms with Crippen LogP contribution in [0.1, 0.15) is 49.3 Å². The zero-order chi connectivity index (χ0) is 19.3. The first-order chi connectivity index (χ1) is 12.8. The zero-order valence-corrected chi connectivity index (χ0v) is 15.2. The van der Waals surface area contributed by atoms with Crippen molar-refractivity contribution in [3.05, 3.63) is 68.6 Å². The van der Waals surface area contributed by atoms with E-state index in [9.17, 15) is 14.9 Å². The minimum absolute atomic E-state index is 0.0116. The summed E-state index contributed by atoms with van der Waals surface area (Å²) >= 11 is 0. The van der Waals surface area contributed by atoms with Crippen molar-refractivity contribution in [1.82, 2.24) is 4.98 Å². The van der Waals surface area contributed by atoms with Crippen LogP contribution in [0.15, 0.2) is 46.4 Å². The molecule has 2 aromatic rings. The van der Waals surface area contributed by atoms with E-state index in [1.54, 1.807) is 0 Å². The van der Waals surface area contributed by atoms with Crippen molar-refractivity contribution in [3.8, 4) is 6.07 Å². The Morgan fingerprint density at radius 3 is 2.56 bits per heavy atom. The van der Waals surface area contributed by atoms with Gasteiger partial charge < -0.3 is 16.0 Å². The zero-order valence-electron chi connectivity index (χ0n) is 15.2. The molecule has 2 aliphatic rings. The number of benzene rings is 1. The van der Waals surface area contributed by atoms with Gasteiger partial charge >= 0.3 is 0 Å². The first kappa shape index (κ1) is 17.1. The van der Waals surface area contributed by atoms with E-state index in [0.717, 1.165) is 11.3 Å². The molecule has 27 heavy (non-hydrogen) atoms. The van der Waals surface area contributed by atoms with Crippen molar-refractivity contribution < 1.29 is 4.79 Å². The fourth-order valence-electron chi connectivity index (χ4n) is 4.23. The number of nitrogen functional groups attached to an aromatic ring is 1. The van der Waals surface area contributed by atoms with Gasteiger partial charge in [0.05, 0.1) is 5.69 Å². The molecule has 4 N–H and O–H groups in total. The Balaban J connectivity index is 2.06. The van der Waals surface area contributed by atoms with E-state index in [-0.39, 0.29) is 22.6 Å². The molecule has 0 saturated heterocycles. The number of nitrogens with two attached hydrogens (primary N) is 1. The van der Waals surface area contributed by atoms with Gasteiger partial charge in [-0.05, 0) is 17.4 Å². The van der Waals surface area contributed by atoms with E-state index in [2.05, 4.69) is 10.3 Å². The lowest BCUT2D eigenvalue weighted by atomic mass is 9.68. The van der Waals surface area contributed by atoms with Gasteiger partial charge in [0.25, 0.3) is 5.56 Å². The highest BCUT2D eigenvalue weighted by atomic mass is 16.1. The number of rotatable bonds is 1. The predicted molar refractivity (Wildman–Crippen MR) is 103 cm³/mol. The fraction of sp³-hybridized carbons (Fsp3) is 0.286. The van der Waals surface area contributed by atoms with E-state index in [1.807, 2.05) is 50.2 Å². The van der Waals surface area contributed by atoms with Crippen molar-refractivity contribution in [2.75, 3.05) is 11.1 Å². The van der Waals surface area contributed by atoms with Gasteiger partial charge in [-0.15, -0.1) is 0 Å². The highest BCUT2D eigenvalue weighted by molar-refractivity contribution is 6.02. The Morgan fingerprint density at radius 1 is 1.19 bits per heavy atom. The number of H-pyrrole nitrogens is 1. The van der Waals surface area contributed by atoms with Crippen molar-refractivity contribution in [3.63, 3.8) is 0 Å². The molecule has 0 fully saturated rings. The molecule has 2 heterocycles. The molecular weight excluding hydrogens is 340 g/mol. The first-order valence-corrected chi connectivity index (χ1v) is 8.86. The average Bonchev–Trinajstić information content (AvgIpc) is 2.60. The highest BCUT2D eigenvalue weighted by Gasteiger charge is 2.42. The number of ketones is 1. The molecule has 0 spiro atoms. The van der Waals surface area contributed by atoms with E-state index in [0.29, 0.717) is 29.7 Å². The molecule has 6 nitrogen and oxygen atoms in total. The number of allylic oxidation sites excluding steroid dienone is 2. The number of nitrogens with zero attached hydrogens (tertiary/aromatic N) is 1. The van der Waals surface area contributed by atoms with Crippen LogP contribution in [0.3, 0.4) is 0 Å².